The first-order valence-corrected chi connectivity index (χ1v) is 12.8. The van der Waals surface area contributed by atoms with Crippen molar-refractivity contribution in [2.75, 3.05) is 26.1 Å². The number of nitrogens with zero attached hydrogens (tertiary/aromatic N) is 5. The molecule has 0 saturated carbocycles. The van der Waals surface area contributed by atoms with Gasteiger partial charge in [0.1, 0.15) is 22.3 Å². The fourth-order valence-electron chi connectivity index (χ4n) is 4.39. The number of carbonyl (C=O) groups excluding carboxylic acids is 1. The molecule has 2 unspecified atom stereocenters. The molecule has 10 nitrogen and oxygen atoms in total. The number of rotatable bonds is 6. The molecule has 0 spiro atoms. The maximum absolute atomic E-state index is 12.8. The van der Waals surface area contributed by atoms with Gasteiger partial charge >= 0.3 is 6.09 Å². The number of amides is 1. The number of methoxy groups -OCH3 is 2. The van der Waals surface area contributed by atoms with Crippen LogP contribution in [-0.2, 0) is 11.3 Å². The number of ether oxygens (including phenoxy) is 3. The Kier molecular flexibility index (Phi) is 7.68. The Balaban J connectivity index is 1.60. The first kappa shape index (κ1) is 26.8. The highest BCUT2D eigenvalue weighted by Crippen LogP contribution is 2.32. The monoisotopic (exact) mass is 530 g/mol. The summed E-state index contributed by atoms with van der Waals surface area (Å²) < 4.78 is 18.1. The Bertz CT molecular complexity index is 1290. The number of carbonyl (C=O) groups is 1. The van der Waals surface area contributed by atoms with Crippen LogP contribution >= 0.6 is 11.6 Å². The molecular weight excluding hydrogens is 496 g/mol. The average Bonchev–Trinajstić information content (AvgIpc) is 3.30. The molecule has 4 rings (SSSR count). The Hall–Kier alpha value is -3.27. The molecule has 2 aromatic heterocycles. The molecule has 1 amide bonds. The summed E-state index contributed by atoms with van der Waals surface area (Å²) in [5.41, 5.74) is 1.73. The lowest BCUT2D eigenvalue weighted by molar-refractivity contribution is 0.00938. The summed E-state index contributed by atoms with van der Waals surface area (Å²) in [5.74, 6) is 2.49. The molecule has 37 heavy (non-hydrogen) atoms. The fourth-order valence-corrected chi connectivity index (χ4v) is 4.55. The van der Waals surface area contributed by atoms with Crippen molar-refractivity contribution in [3.63, 3.8) is 0 Å². The second kappa shape index (κ2) is 10.6. The van der Waals surface area contributed by atoms with Gasteiger partial charge in [0.15, 0.2) is 11.5 Å². The number of likely N-dealkylation sites (tertiary alicyclic amines) is 1. The quantitative estimate of drug-likeness (QED) is 0.433. The van der Waals surface area contributed by atoms with E-state index in [1.807, 2.05) is 52.8 Å². The lowest BCUT2D eigenvalue weighted by atomic mass is 9.93. The number of hydrogen-bond donors (Lipinski definition) is 1. The van der Waals surface area contributed by atoms with Gasteiger partial charge in [-0.15, -0.1) is 5.10 Å². The highest BCUT2D eigenvalue weighted by Gasteiger charge is 2.34. The van der Waals surface area contributed by atoms with E-state index in [4.69, 9.17) is 35.9 Å². The van der Waals surface area contributed by atoms with E-state index in [1.54, 1.807) is 23.6 Å². The summed E-state index contributed by atoms with van der Waals surface area (Å²) in [6, 6.07) is 5.71. The molecule has 1 aliphatic rings. The number of piperidine rings is 1. The smallest absolute Gasteiger partial charge is 0.410 e. The van der Waals surface area contributed by atoms with Crippen LogP contribution in [0.3, 0.4) is 0 Å². The van der Waals surface area contributed by atoms with E-state index in [2.05, 4.69) is 10.3 Å². The second-order valence-corrected chi connectivity index (χ2v) is 10.7. The third-order valence-electron chi connectivity index (χ3n) is 6.48. The van der Waals surface area contributed by atoms with Gasteiger partial charge in [0.05, 0.1) is 14.2 Å². The number of hydrogen-bond acceptors (Lipinski definition) is 8. The highest BCUT2D eigenvalue weighted by molar-refractivity contribution is 6.30. The van der Waals surface area contributed by atoms with Crippen LogP contribution in [0.2, 0.25) is 5.15 Å². The maximum Gasteiger partial charge on any atom is 0.410 e. The number of nitrogens with one attached hydrogen (secondary N) is 1. The van der Waals surface area contributed by atoms with Crippen LogP contribution in [0.1, 0.15) is 63.4 Å². The molecule has 1 aromatic carbocycles. The number of fused-ring (bicyclic) bond motifs is 1. The summed E-state index contributed by atoms with van der Waals surface area (Å²) in [6.07, 6.45) is 1.38. The zero-order valence-corrected chi connectivity index (χ0v) is 23.2. The number of aryl methyl sites for hydroxylation is 1. The predicted octanol–water partition coefficient (Wildman–Crippen LogP) is 5.22. The number of anilines is 1. The first-order valence-electron chi connectivity index (χ1n) is 12.4. The van der Waals surface area contributed by atoms with E-state index < -0.39 is 5.60 Å². The van der Waals surface area contributed by atoms with Crippen LogP contribution in [0.15, 0.2) is 18.2 Å². The minimum absolute atomic E-state index is 0.0312. The second-order valence-electron chi connectivity index (χ2n) is 10.3. The maximum atomic E-state index is 12.8. The summed E-state index contributed by atoms with van der Waals surface area (Å²) in [7, 11) is 3.23. The summed E-state index contributed by atoms with van der Waals surface area (Å²) in [4.78, 5) is 24.0. The van der Waals surface area contributed by atoms with Crippen molar-refractivity contribution in [1.82, 2.24) is 24.5 Å². The van der Waals surface area contributed by atoms with Gasteiger partial charge in [0, 0.05) is 42.2 Å². The van der Waals surface area contributed by atoms with Crippen LogP contribution < -0.4 is 14.8 Å². The summed E-state index contributed by atoms with van der Waals surface area (Å²) in [6.45, 7) is 10.4. The van der Waals surface area contributed by atoms with E-state index in [0.717, 1.165) is 24.0 Å². The lowest BCUT2D eigenvalue weighted by Gasteiger charge is -2.37. The minimum atomic E-state index is -0.558. The zero-order chi connectivity index (χ0) is 26.9. The Labute approximate surface area is 222 Å². The normalized spacial score (nSPS) is 18.1. The first-order chi connectivity index (χ1) is 17.5. The zero-order valence-electron chi connectivity index (χ0n) is 22.5. The van der Waals surface area contributed by atoms with Crippen molar-refractivity contribution in [1.29, 1.82) is 0 Å². The van der Waals surface area contributed by atoms with Crippen LogP contribution in [0.4, 0.5) is 10.7 Å². The van der Waals surface area contributed by atoms with Crippen molar-refractivity contribution in [3.05, 3.63) is 40.3 Å². The molecule has 3 aromatic rings. The van der Waals surface area contributed by atoms with Gasteiger partial charge in [0.25, 0.3) is 0 Å². The van der Waals surface area contributed by atoms with Crippen LogP contribution in [0.5, 0.6) is 11.5 Å². The Morgan fingerprint density at radius 3 is 2.62 bits per heavy atom. The van der Waals surface area contributed by atoms with Gasteiger partial charge in [-0.25, -0.2) is 14.8 Å². The van der Waals surface area contributed by atoms with Gasteiger partial charge in [-0.3, -0.25) is 0 Å². The van der Waals surface area contributed by atoms with Gasteiger partial charge < -0.3 is 24.4 Å². The van der Waals surface area contributed by atoms with E-state index in [9.17, 15) is 4.79 Å². The number of benzene rings is 1. The van der Waals surface area contributed by atoms with Gasteiger partial charge in [-0.05, 0) is 59.6 Å². The average molecular weight is 531 g/mol. The standard InChI is InChI=1S/C26H35ClN6O4/c1-15-8-9-18(14-32(15)25(34)37-26(3,4)5)22-30-23-16(2)21(27)29-24(33(23)31-22)28-13-17-10-11-19(35-6)12-20(17)36-7/h10-12,15,18H,8-9,13-14H2,1-7H3,(H,28,29). The molecule has 1 aliphatic heterocycles. The molecule has 0 bridgehead atoms. The van der Waals surface area contributed by atoms with Crippen molar-refractivity contribution in [2.24, 2.45) is 0 Å². The van der Waals surface area contributed by atoms with Crippen LogP contribution in [0.25, 0.3) is 5.65 Å². The molecule has 1 N–H and O–H groups in total. The van der Waals surface area contributed by atoms with E-state index in [0.29, 0.717) is 47.2 Å². The Morgan fingerprint density at radius 2 is 1.95 bits per heavy atom. The molecule has 0 aliphatic carbocycles. The number of aromatic nitrogens is 4. The molecule has 200 valence electrons. The van der Waals surface area contributed by atoms with E-state index >= 15 is 0 Å². The molecule has 1 fully saturated rings. The molecule has 1 saturated heterocycles. The van der Waals surface area contributed by atoms with Crippen LogP contribution in [0, 0.1) is 6.92 Å². The molecule has 0 radical (unpaired) electrons. The van der Waals surface area contributed by atoms with Crippen molar-refractivity contribution < 1.29 is 19.0 Å². The third-order valence-corrected chi connectivity index (χ3v) is 6.85. The number of halogens is 1. The van der Waals surface area contributed by atoms with E-state index in [-0.39, 0.29) is 18.1 Å². The van der Waals surface area contributed by atoms with Gasteiger partial charge in [-0.1, -0.05) is 11.6 Å². The van der Waals surface area contributed by atoms with Gasteiger partial charge in [0.2, 0.25) is 5.95 Å². The lowest BCUT2D eigenvalue weighted by Crippen LogP contribution is -2.47. The highest BCUT2D eigenvalue weighted by atomic mass is 35.5. The van der Waals surface area contributed by atoms with Crippen molar-refractivity contribution in [2.45, 2.75) is 71.6 Å². The third kappa shape index (κ3) is 5.84. The molecular formula is C26H35ClN6O4. The summed E-state index contributed by atoms with van der Waals surface area (Å²) >= 11 is 6.47. The topological polar surface area (TPSA) is 103 Å². The summed E-state index contributed by atoms with van der Waals surface area (Å²) in [5, 5.41) is 8.48. The van der Waals surface area contributed by atoms with Crippen LogP contribution in [-0.4, -0.2) is 63.0 Å². The molecule has 3 heterocycles. The van der Waals surface area contributed by atoms with Crippen molar-refractivity contribution in [3.8, 4) is 11.5 Å². The fraction of sp³-hybridized carbons (Fsp3) is 0.538. The molecule has 2 atom stereocenters. The predicted molar refractivity (Wildman–Crippen MR) is 142 cm³/mol. The largest absolute Gasteiger partial charge is 0.497 e. The SMILES string of the molecule is COc1ccc(CNc2nc(Cl)c(C)c3nc(C4CCC(C)N(C(=O)OC(C)(C)C)C4)nn23)c(OC)c1. The van der Waals surface area contributed by atoms with Gasteiger partial charge in [-0.2, -0.15) is 4.52 Å². The van der Waals surface area contributed by atoms with Crippen molar-refractivity contribution >= 4 is 29.3 Å². The minimum Gasteiger partial charge on any atom is -0.497 e. The van der Waals surface area contributed by atoms with E-state index in [1.165, 1.54) is 0 Å². The Morgan fingerprint density at radius 1 is 1.19 bits per heavy atom. The molecule has 11 heteroatoms.